The van der Waals surface area contributed by atoms with E-state index < -0.39 is 11.4 Å². The van der Waals surface area contributed by atoms with Gasteiger partial charge in [-0.05, 0) is 56.2 Å². The number of nitrogen functional groups attached to an aromatic ring is 1. The molecule has 4 nitrogen and oxygen atoms in total. The Morgan fingerprint density at radius 1 is 1.07 bits per heavy atom. The van der Waals surface area contributed by atoms with E-state index in [1.165, 1.54) is 6.07 Å². The topological polar surface area (TPSA) is 74.0 Å². The van der Waals surface area contributed by atoms with Crippen molar-refractivity contribution in [1.82, 2.24) is 9.71 Å². The van der Waals surface area contributed by atoms with Crippen LogP contribution in [-0.2, 0) is 11.4 Å². The van der Waals surface area contributed by atoms with Crippen molar-refractivity contribution in [2.75, 3.05) is 5.73 Å². The van der Waals surface area contributed by atoms with E-state index in [9.17, 15) is 8.94 Å². The highest BCUT2D eigenvalue weighted by Gasteiger charge is 2.26. The highest BCUT2D eigenvalue weighted by molar-refractivity contribution is 7.89. The molecule has 1 unspecified atom stereocenters. The Bertz CT molecular complexity index is 960. The third kappa shape index (κ3) is 4.52. The number of hydrogen-bond acceptors (Lipinski definition) is 4. The number of pyridine rings is 1. The van der Waals surface area contributed by atoms with Crippen LogP contribution in [-0.4, -0.2) is 15.1 Å². The Morgan fingerprint density at radius 3 is 2.43 bits per heavy atom. The van der Waals surface area contributed by atoms with Crippen LogP contribution in [0.4, 0.5) is 10.2 Å². The highest BCUT2D eigenvalue weighted by Crippen LogP contribution is 2.32. The number of halogens is 1. The molecule has 3 N–H and O–H groups in total. The van der Waals surface area contributed by atoms with Crippen LogP contribution in [0.2, 0.25) is 0 Å². The lowest BCUT2D eigenvalue weighted by molar-refractivity contribution is 0.439. The summed E-state index contributed by atoms with van der Waals surface area (Å²) in [7, 11) is 0. The standard InChI is InChI=1S/C22H24FN3OS/c1-4-22(2,3)26-28(27)20-8-6-5-7-18(20)15-9-11-17(19(23)13-15)16-10-12-21(24)25-14-16/h5-14,26H,4H2,1-3H3,(H2,24,25). The lowest BCUT2D eigenvalue weighted by Gasteiger charge is -2.25. The maximum Gasteiger partial charge on any atom is 0.181 e. The molecule has 1 heterocycles. The summed E-state index contributed by atoms with van der Waals surface area (Å²) >= 11 is -1.41. The van der Waals surface area contributed by atoms with Crippen LogP contribution >= 0.6 is 0 Å². The predicted octanol–water partition coefficient (Wildman–Crippen LogP) is 4.94. The maximum atomic E-state index is 14.8. The second kappa shape index (κ2) is 8.31. The Hall–Kier alpha value is -2.41. The summed E-state index contributed by atoms with van der Waals surface area (Å²) in [6.45, 7) is 6.04. The third-order valence-electron chi connectivity index (χ3n) is 4.72. The minimum atomic E-state index is -1.41. The van der Waals surface area contributed by atoms with E-state index in [1.54, 1.807) is 30.5 Å². The molecule has 0 saturated heterocycles. The van der Waals surface area contributed by atoms with Crippen molar-refractivity contribution >= 4 is 17.2 Å². The van der Waals surface area contributed by atoms with Gasteiger partial charge in [0, 0.05) is 22.9 Å². The first-order chi connectivity index (χ1) is 13.3. The van der Waals surface area contributed by atoms with Gasteiger partial charge in [0.15, 0.2) is 4.90 Å². The van der Waals surface area contributed by atoms with E-state index in [4.69, 9.17) is 5.73 Å². The SMILES string of the molecule is CCC(C)(C)N[S+]([O-])c1ccccc1-c1ccc(-c2ccc(N)nc2)c(F)c1. The summed E-state index contributed by atoms with van der Waals surface area (Å²) in [6, 6.07) is 15.7. The maximum absolute atomic E-state index is 14.8. The fourth-order valence-corrected chi connectivity index (χ4v) is 4.07. The molecule has 0 bridgehead atoms. The van der Waals surface area contributed by atoms with Crippen molar-refractivity contribution in [1.29, 1.82) is 0 Å². The van der Waals surface area contributed by atoms with Gasteiger partial charge in [0.2, 0.25) is 0 Å². The fourth-order valence-electron chi connectivity index (χ4n) is 2.73. The molecule has 0 aliphatic rings. The van der Waals surface area contributed by atoms with Crippen LogP contribution in [0.25, 0.3) is 22.3 Å². The molecule has 146 valence electrons. The zero-order chi connectivity index (χ0) is 20.3. The summed E-state index contributed by atoms with van der Waals surface area (Å²) in [5, 5.41) is 0. The van der Waals surface area contributed by atoms with Gasteiger partial charge in [0.1, 0.15) is 11.6 Å². The Labute approximate surface area is 168 Å². The first kappa shape index (κ1) is 20.3. The minimum absolute atomic E-state index is 0.269. The predicted molar refractivity (Wildman–Crippen MR) is 113 cm³/mol. The van der Waals surface area contributed by atoms with Gasteiger partial charge < -0.3 is 10.3 Å². The van der Waals surface area contributed by atoms with Gasteiger partial charge >= 0.3 is 0 Å². The number of anilines is 1. The Kier molecular flexibility index (Phi) is 6.03. The molecule has 1 aromatic heterocycles. The number of nitrogens with two attached hydrogens (primary N) is 1. The molecule has 0 amide bonds. The molecule has 0 aliphatic heterocycles. The average molecular weight is 398 g/mol. The molecule has 28 heavy (non-hydrogen) atoms. The highest BCUT2D eigenvalue weighted by atomic mass is 32.2. The number of nitrogens with one attached hydrogen (secondary N) is 1. The summed E-state index contributed by atoms with van der Waals surface area (Å²) in [6.07, 6.45) is 2.38. The first-order valence-electron chi connectivity index (χ1n) is 9.11. The molecule has 0 aliphatic carbocycles. The van der Waals surface area contributed by atoms with Crippen LogP contribution in [0.1, 0.15) is 27.2 Å². The lowest BCUT2D eigenvalue weighted by atomic mass is 10.0. The third-order valence-corrected chi connectivity index (χ3v) is 6.21. The minimum Gasteiger partial charge on any atom is -0.593 e. The van der Waals surface area contributed by atoms with E-state index in [2.05, 4.69) is 9.71 Å². The molecule has 0 fully saturated rings. The van der Waals surface area contributed by atoms with E-state index in [-0.39, 0.29) is 11.4 Å². The van der Waals surface area contributed by atoms with Gasteiger partial charge in [-0.25, -0.2) is 9.37 Å². The monoisotopic (exact) mass is 397 g/mol. The molecule has 1 atom stereocenters. The number of rotatable bonds is 6. The van der Waals surface area contributed by atoms with Crippen LogP contribution in [0, 0.1) is 5.82 Å². The number of aromatic nitrogens is 1. The molecule has 0 spiro atoms. The second-order valence-corrected chi connectivity index (χ2v) is 8.45. The van der Waals surface area contributed by atoms with Gasteiger partial charge in [-0.2, -0.15) is 0 Å². The largest absolute Gasteiger partial charge is 0.593 e. The Balaban J connectivity index is 1.96. The summed E-state index contributed by atoms with van der Waals surface area (Å²) < 4.78 is 30.9. The van der Waals surface area contributed by atoms with Gasteiger partial charge in [-0.1, -0.05) is 31.2 Å². The Morgan fingerprint density at radius 2 is 1.79 bits per heavy atom. The van der Waals surface area contributed by atoms with Crippen LogP contribution < -0.4 is 10.5 Å². The van der Waals surface area contributed by atoms with Crippen LogP contribution in [0.3, 0.4) is 0 Å². The van der Waals surface area contributed by atoms with E-state index >= 15 is 0 Å². The van der Waals surface area contributed by atoms with Gasteiger partial charge in [-0.15, -0.1) is 4.72 Å². The van der Waals surface area contributed by atoms with Gasteiger partial charge in [-0.3, -0.25) is 0 Å². The summed E-state index contributed by atoms with van der Waals surface area (Å²) in [4.78, 5) is 4.65. The normalized spacial score (nSPS) is 12.8. The molecule has 3 rings (SSSR count). The smallest absolute Gasteiger partial charge is 0.181 e. The second-order valence-electron chi connectivity index (χ2n) is 7.27. The quantitative estimate of drug-likeness (QED) is 0.578. The van der Waals surface area contributed by atoms with Crippen molar-refractivity contribution in [2.45, 2.75) is 37.6 Å². The van der Waals surface area contributed by atoms with Crippen molar-refractivity contribution in [3.05, 3.63) is 66.6 Å². The van der Waals surface area contributed by atoms with E-state index in [0.29, 0.717) is 27.4 Å². The van der Waals surface area contributed by atoms with Crippen LogP contribution in [0.15, 0.2) is 65.7 Å². The molecule has 6 heteroatoms. The number of benzene rings is 2. The summed E-state index contributed by atoms with van der Waals surface area (Å²) in [5.41, 5.74) is 7.84. The van der Waals surface area contributed by atoms with Crippen molar-refractivity contribution in [3.63, 3.8) is 0 Å². The van der Waals surface area contributed by atoms with Crippen molar-refractivity contribution < 1.29 is 8.94 Å². The van der Waals surface area contributed by atoms with Gasteiger partial charge in [0.05, 0.1) is 16.9 Å². The van der Waals surface area contributed by atoms with Crippen molar-refractivity contribution in [2.24, 2.45) is 0 Å². The average Bonchev–Trinajstić information content (AvgIpc) is 2.68. The zero-order valence-electron chi connectivity index (χ0n) is 16.2. The molecule has 0 radical (unpaired) electrons. The molecule has 2 aromatic carbocycles. The number of hydrogen-bond donors (Lipinski definition) is 2. The summed E-state index contributed by atoms with van der Waals surface area (Å²) in [5.74, 6) is 0.0196. The van der Waals surface area contributed by atoms with Gasteiger partial charge in [0.25, 0.3) is 0 Å². The van der Waals surface area contributed by atoms with E-state index in [1.807, 2.05) is 45.0 Å². The zero-order valence-corrected chi connectivity index (χ0v) is 17.0. The first-order valence-corrected chi connectivity index (χ1v) is 10.3. The van der Waals surface area contributed by atoms with Crippen molar-refractivity contribution in [3.8, 4) is 22.3 Å². The molecule has 3 aromatic rings. The molecular weight excluding hydrogens is 373 g/mol. The lowest BCUT2D eigenvalue weighted by Crippen LogP contribution is -2.42. The molecular formula is C22H24FN3OS. The van der Waals surface area contributed by atoms with Crippen LogP contribution in [0.5, 0.6) is 0 Å². The fraction of sp³-hybridized carbons (Fsp3) is 0.227. The molecule has 0 saturated carbocycles. The van der Waals surface area contributed by atoms with E-state index in [0.717, 1.165) is 12.0 Å². The number of nitrogens with zero attached hydrogens (tertiary/aromatic N) is 1.